The van der Waals surface area contributed by atoms with E-state index in [4.69, 9.17) is 14.3 Å². The highest BCUT2D eigenvalue weighted by Crippen LogP contribution is 2.37. The second kappa shape index (κ2) is 8.63. The van der Waals surface area contributed by atoms with Crippen molar-refractivity contribution in [2.24, 2.45) is 0 Å². The van der Waals surface area contributed by atoms with Crippen LogP contribution in [0.25, 0.3) is 0 Å². The van der Waals surface area contributed by atoms with E-state index in [2.05, 4.69) is 11.1 Å². The Morgan fingerprint density at radius 3 is 2.45 bits per heavy atom. The van der Waals surface area contributed by atoms with Crippen molar-refractivity contribution in [1.82, 2.24) is 10.0 Å². The summed E-state index contributed by atoms with van der Waals surface area (Å²) >= 11 is 0. The average molecular weight is 433 g/mol. The molecular formula is C22H22F3N3O3. The maximum Gasteiger partial charge on any atom is 0.417 e. The van der Waals surface area contributed by atoms with Gasteiger partial charge in [-0.1, -0.05) is 6.42 Å². The van der Waals surface area contributed by atoms with Crippen LogP contribution in [-0.2, 0) is 6.18 Å². The van der Waals surface area contributed by atoms with Crippen LogP contribution in [0.3, 0.4) is 0 Å². The SMILES string of the molecule is COc1ccc(O[C@H]2C[C@H]3CCC[C@@H](C2)N3Oc2ccc(C(F)(F)F)cn2)c(C#N)c1. The minimum Gasteiger partial charge on any atom is -0.497 e. The summed E-state index contributed by atoms with van der Waals surface area (Å²) in [6.45, 7) is 0. The summed E-state index contributed by atoms with van der Waals surface area (Å²) in [7, 11) is 1.54. The molecule has 164 valence electrons. The number of aromatic nitrogens is 1. The molecule has 4 rings (SSSR count). The Labute approximate surface area is 178 Å². The van der Waals surface area contributed by atoms with E-state index in [1.165, 1.54) is 6.07 Å². The molecule has 2 aliphatic rings. The minimum atomic E-state index is -4.43. The summed E-state index contributed by atoms with van der Waals surface area (Å²) in [6.07, 6.45) is 0.484. The van der Waals surface area contributed by atoms with Gasteiger partial charge in [0.1, 0.15) is 23.7 Å². The van der Waals surface area contributed by atoms with Gasteiger partial charge in [0.25, 0.3) is 0 Å². The third-order valence-corrected chi connectivity index (χ3v) is 5.73. The molecule has 2 aromatic rings. The summed E-state index contributed by atoms with van der Waals surface area (Å²) in [5.74, 6) is 1.25. The number of nitriles is 1. The van der Waals surface area contributed by atoms with Gasteiger partial charge in [-0.25, -0.2) is 4.98 Å². The second-order valence-electron chi connectivity index (χ2n) is 7.76. The fourth-order valence-corrected chi connectivity index (χ4v) is 4.25. The lowest BCUT2D eigenvalue weighted by molar-refractivity contribution is -0.185. The first kappa shape index (κ1) is 21.2. The number of benzene rings is 1. The number of hydrogen-bond donors (Lipinski definition) is 0. The van der Waals surface area contributed by atoms with Crippen molar-refractivity contribution >= 4 is 0 Å². The van der Waals surface area contributed by atoms with Crippen LogP contribution < -0.4 is 14.3 Å². The highest BCUT2D eigenvalue weighted by Gasteiger charge is 2.41. The zero-order chi connectivity index (χ0) is 22.0. The van der Waals surface area contributed by atoms with Crippen LogP contribution in [0.1, 0.15) is 43.2 Å². The molecule has 2 aliphatic heterocycles. The Morgan fingerprint density at radius 1 is 1.13 bits per heavy atom. The standard InChI is InChI=1S/C22H22F3N3O3/c1-29-18-6-7-20(14(9-18)12-26)30-19-10-16-3-2-4-17(11-19)28(16)31-21-8-5-15(13-27-21)22(23,24)25/h5-9,13,16-17,19H,2-4,10-11H2,1H3/t16-,17+,19+. The Bertz CT molecular complexity index is 945. The van der Waals surface area contributed by atoms with Gasteiger partial charge in [0, 0.05) is 43.3 Å². The van der Waals surface area contributed by atoms with E-state index in [1.54, 1.807) is 25.3 Å². The Balaban J connectivity index is 1.44. The normalized spacial score (nSPS) is 23.6. The third-order valence-electron chi connectivity index (χ3n) is 5.73. The molecule has 0 aliphatic carbocycles. The number of pyridine rings is 1. The lowest BCUT2D eigenvalue weighted by Crippen LogP contribution is -2.55. The van der Waals surface area contributed by atoms with Gasteiger partial charge >= 0.3 is 6.18 Å². The van der Waals surface area contributed by atoms with Crippen LogP contribution in [0.2, 0.25) is 0 Å². The van der Waals surface area contributed by atoms with E-state index < -0.39 is 11.7 Å². The van der Waals surface area contributed by atoms with Crippen LogP contribution in [-0.4, -0.2) is 35.3 Å². The highest BCUT2D eigenvalue weighted by molar-refractivity contribution is 5.47. The third kappa shape index (κ3) is 4.69. The quantitative estimate of drug-likeness (QED) is 0.679. The van der Waals surface area contributed by atoms with E-state index in [9.17, 15) is 18.4 Å². The van der Waals surface area contributed by atoms with Gasteiger partial charge in [-0.3, -0.25) is 0 Å². The maximum absolute atomic E-state index is 12.8. The van der Waals surface area contributed by atoms with Crippen molar-refractivity contribution in [3.8, 4) is 23.4 Å². The van der Waals surface area contributed by atoms with Crippen LogP contribution in [0, 0.1) is 11.3 Å². The van der Waals surface area contributed by atoms with E-state index in [0.717, 1.165) is 31.5 Å². The molecule has 0 amide bonds. The molecule has 2 bridgehead atoms. The van der Waals surface area contributed by atoms with Crippen molar-refractivity contribution in [3.05, 3.63) is 47.7 Å². The molecule has 1 aromatic heterocycles. The van der Waals surface area contributed by atoms with Gasteiger partial charge in [0.15, 0.2) is 0 Å². The molecule has 3 atom stereocenters. The van der Waals surface area contributed by atoms with Crippen molar-refractivity contribution in [2.45, 2.75) is 56.5 Å². The number of alkyl halides is 3. The molecular weight excluding hydrogens is 411 g/mol. The van der Waals surface area contributed by atoms with Gasteiger partial charge in [-0.05, 0) is 31.0 Å². The number of hydrogen-bond acceptors (Lipinski definition) is 6. The fraction of sp³-hybridized carbons (Fsp3) is 0.455. The molecule has 2 saturated heterocycles. The number of halogens is 3. The van der Waals surface area contributed by atoms with E-state index >= 15 is 0 Å². The van der Waals surface area contributed by atoms with Gasteiger partial charge in [-0.15, -0.1) is 5.06 Å². The smallest absolute Gasteiger partial charge is 0.417 e. The van der Waals surface area contributed by atoms with Crippen molar-refractivity contribution in [3.63, 3.8) is 0 Å². The zero-order valence-electron chi connectivity index (χ0n) is 16.9. The number of nitrogens with zero attached hydrogens (tertiary/aromatic N) is 3. The van der Waals surface area contributed by atoms with Crippen LogP contribution in [0.15, 0.2) is 36.5 Å². The number of methoxy groups -OCH3 is 1. The summed E-state index contributed by atoms with van der Waals surface area (Å²) in [5.41, 5.74) is -0.392. The summed E-state index contributed by atoms with van der Waals surface area (Å²) in [6, 6.07) is 9.62. The van der Waals surface area contributed by atoms with Crippen molar-refractivity contribution in [1.29, 1.82) is 5.26 Å². The van der Waals surface area contributed by atoms with E-state index in [1.807, 2.05) is 5.06 Å². The number of piperidine rings is 2. The fourth-order valence-electron chi connectivity index (χ4n) is 4.25. The predicted octanol–water partition coefficient (Wildman–Crippen LogP) is 4.74. The largest absolute Gasteiger partial charge is 0.497 e. The van der Waals surface area contributed by atoms with Crippen LogP contribution >= 0.6 is 0 Å². The van der Waals surface area contributed by atoms with E-state index in [-0.39, 0.29) is 24.1 Å². The number of rotatable bonds is 5. The van der Waals surface area contributed by atoms with E-state index in [0.29, 0.717) is 29.9 Å². The monoisotopic (exact) mass is 433 g/mol. The molecule has 0 unspecified atom stereocenters. The Kier molecular flexibility index (Phi) is 5.92. The molecule has 2 fully saturated rings. The molecule has 1 aromatic carbocycles. The second-order valence-corrected chi connectivity index (χ2v) is 7.76. The summed E-state index contributed by atoms with van der Waals surface area (Å²) < 4.78 is 49.6. The Morgan fingerprint density at radius 2 is 1.87 bits per heavy atom. The molecule has 6 nitrogen and oxygen atoms in total. The zero-order valence-corrected chi connectivity index (χ0v) is 16.9. The Hall–Kier alpha value is -2.99. The van der Waals surface area contributed by atoms with Gasteiger partial charge < -0.3 is 14.3 Å². The first-order chi connectivity index (χ1) is 14.9. The molecule has 3 heterocycles. The van der Waals surface area contributed by atoms with Crippen LogP contribution in [0.4, 0.5) is 13.2 Å². The summed E-state index contributed by atoms with van der Waals surface area (Å²) in [5, 5.41) is 11.3. The number of fused-ring (bicyclic) bond motifs is 2. The van der Waals surface area contributed by atoms with Crippen molar-refractivity contribution in [2.75, 3.05) is 7.11 Å². The molecule has 9 heteroatoms. The highest BCUT2D eigenvalue weighted by atomic mass is 19.4. The lowest BCUT2D eigenvalue weighted by atomic mass is 9.84. The van der Waals surface area contributed by atoms with Gasteiger partial charge in [-0.2, -0.15) is 18.4 Å². The predicted molar refractivity (Wildman–Crippen MR) is 104 cm³/mol. The first-order valence-electron chi connectivity index (χ1n) is 10.1. The maximum atomic E-state index is 12.8. The minimum absolute atomic E-state index is 0.0605. The van der Waals surface area contributed by atoms with Crippen molar-refractivity contribution < 1.29 is 27.5 Å². The molecule has 0 radical (unpaired) electrons. The molecule has 31 heavy (non-hydrogen) atoms. The first-order valence-corrected chi connectivity index (χ1v) is 10.1. The topological polar surface area (TPSA) is 67.6 Å². The van der Waals surface area contributed by atoms with Gasteiger partial charge in [0.2, 0.25) is 5.88 Å². The van der Waals surface area contributed by atoms with Crippen LogP contribution in [0.5, 0.6) is 17.4 Å². The molecule has 0 N–H and O–H groups in total. The lowest BCUT2D eigenvalue weighted by Gasteiger charge is -2.46. The summed E-state index contributed by atoms with van der Waals surface area (Å²) in [4.78, 5) is 9.72. The van der Waals surface area contributed by atoms with Gasteiger partial charge in [0.05, 0.1) is 18.2 Å². The molecule has 0 saturated carbocycles. The average Bonchev–Trinajstić information content (AvgIpc) is 2.74. The number of hydroxylamine groups is 2. The molecule has 0 spiro atoms. The number of ether oxygens (including phenoxy) is 2.